The molecule has 0 saturated heterocycles. The van der Waals surface area contributed by atoms with Crippen LogP contribution in [0.4, 0.5) is 0 Å². The first-order valence-corrected chi connectivity index (χ1v) is 8.47. The maximum atomic E-state index is 12.9. The summed E-state index contributed by atoms with van der Waals surface area (Å²) in [4.78, 5) is 17.3. The van der Waals surface area contributed by atoms with E-state index in [1.165, 1.54) is 4.68 Å². The number of aromatic amines is 1. The van der Waals surface area contributed by atoms with Crippen LogP contribution < -0.4 is 10.3 Å². The molecule has 0 aliphatic rings. The first-order chi connectivity index (χ1) is 12.6. The number of ether oxygens (including phenoxy) is 1. The van der Waals surface area contributed by atoms with E-state index in [0.29, 0.717) is 16.1 Å². The highest BCUT2D eigenvalue weighted by molar-refractivity contribution is 6.30. The lowest BCUT2D eigenvalue weighted by Gasteiger charge is -2.08. The number of benzene rings is 2. The Labute approximate surface area is 167 Å². The molecule has 0 unspecified atom stereocenters. The summed E-state index contributed by atoms with van der Waals surface area (Å²) in [5, 5.41) is 4.37. The van der Waals surface area contributed by atoms with E-state index in [2.05, 4.69) is 10.1 Å². The standard InChI is InChI=1S/C20H16ClN3O2.ClH/c1-12-18(13-4-3-5-16(10-13)26-2)19-17(11-22-12)20(25)24(23-19)15-8-6-14(21)7-9-15;/h3-11,23H,1-2H3;1H. The molecule has 1 N–H and O–H groups in total. The second-order valence-electron chi connectivity index (χ2n) is 5.97. The Kier molecular flexibility index (Phi) is 5.26. The molecule has 2 heterocycles. The van der Waals surface area contributed by atoms with Crippen LogP contribution in [-0.2, 0) is 0 Å². The highest BCUT2D eigenvalue weighted by atomic mass is 35.5. The number of aromatic nitrogens is 3. The van der Waals surface area contributed by atoms with Crippen LogP contribution in [0.2, 0.25) is 5.02 Å². The second kappa shape index (κ2) is 7.47. The Hall–Kier alpha value is -2.76. The molecule has 5 nitrogen and oxygen atoms in total. The molecular formula is C20H17Cl2N3O2. The molecule has 4 rings (SSSR count). The van der Waals surface area contributed by atoms with E-state index in [4.69, 9.17) is 16.3 Å². The molecule has 0 atom stereocenters. The molecule has 0 radical (unpaired) electrons. The summed E-state index contributed by atoms with van der Waals surface area (Å²) in [6, 6.07) is 14.8. The first-order valence-electron chi connectivity index (χ1n) is 8.09. The van der Waals surface area contributed by atoms with Gasteiger partial charge in [-0.15, -0.1) is 12.4 Å². The summed E-state index contributed by atoms with van der Waals surface area (Å²) in [6.45, 7) is 1.92. The molecule has 0 aliphatic carbocycles. The summed E-state index contributed by atoms with van der Waals surface area (Å²) in [7, 11) is 1.63. The first kappa shape index (κ1) is 19.0. The number of nitrogens with one attached hydrogen (secondary N) is 1. The van der Waals surface area contributed by atoms with Crippen LogP contribution in [-0.4, -0.2) is 21.9 Å². The smallest absolute Gasteiger partial charge is 0.280 e. The molecule has 2 aromatic carbocycles. The van der Waals surface area contributed by atoms with Crippen molar-refractivity contribution in [2.45, 2.75) is 6.92 Å². The lowest BCUT2D eigenvalue weighted by molar-refractivity contribution is 0.415. The van der Waals surface area contributed by atoms with Crippen molar-refractivity contribution < 1.29 is 4.74 Å². The molecule has 0 fully saturated rings. The van der Waals surface area contributed by atoms with E-state index in [-0.39, 0.29) is 18.0 Å². The predicted octanol–water partition coefficient (Wildman–Crippen LogP) is 4.77. The summed E-state index contributed by atoms with van der Waals surface area (Å²) in [5.41, 5.74) is 3.94. The molecule has 0 spiro atoms. The molecular weight excluding hydrogens is 385 g/mol. The largest absolute Gasteiger partial charge is 0.497 e. The number of hydrogen-bond donors (Lipinski definition) is 1. The number of fused-ring (bicyclic) bond motifs is 1. The van der Waals surface area contributed by atoms with Crippen molar-refractivity contribution in [2.75, 3.05) is 7.11 Å². The summed E-state index contributed by atoms with van der Waals surface area (Å²) < 4.78 is 6.83. The quantitative estimate of drug-likeness (QED) is 0.537. The van der Waals surface area contributed by atoms with Crippen LogP contribution in [0.25, 0.3) is 27.7 Å². The van der Waals surface area contributed by atoms with Crippen LogP contribution in [0.1, 0.15) is 5.69 Å². The topological polar surface area (TPSA) is 59.9 Å². The number of rotatable bonds is 3. The molecule has 0 aliphatic heterocycles. The van der Waals surface area contributed by atoms with Crippen molar-refractivity contribution >= 4 is 34.9 Å². The van der Waals surface area contributed by atoms with Gasteiger partial charge in [-0.25, -0.2) is 4.68 Å². The maximum absolute atomic E-state index is 12.9. The number of H-pyrrole nitrogens is 1. The van der Waals surface area contributed by atoms with Crippen LogP contribution in [0.15, 0.2) is 59.5 Å². The third-order valence-electron chi connectivity index (χ3n) is 4.37. The number of hydrogen-bond acceptors (Lipinski definition) is 3. The molecule has 27 heavy (non-hydrogen) atoms. The average molecular weight is 402 g/mol. The summed E-state index contributed by atoms with van der Waals surface area (Å²) in [5.74, 6) is 0.749. The zero-order valence-corrected chi connectivity index (χ0v) is 16.3. The SMILES string of the molecule is COc1cccc(-c2c(C)ncc3c(=O)n(-c4ccc(Cl)cc4)[nH]c23)c1.Cl. The van der Waals surface area contributed by atoms with Crippen molar-refractivity contribution in [2.24, 2.45) is 0 Å². The number of nitrogens with zero attached hydrogens (tertiary/aromatic N) is 2. The van der Waals surface area contributed by atoms with Gasteiger partial charge in [0.25, 0.3) is 5.56 Å². The fraction of sp³-hybridized carbons (Fsp3) is 0.100. The minimum absolute atomic E-state index is 0. The third-order valence-corrected chi connectivity index (χ3v) is 4.62. The van der Waals surface area contributed by atoms with Gasteiger partial charge in [0.05, 0.1) is 23.7 Å². The van der Waals surface area contributed by atoms with E-state index < -0.39 is 0 Å². The molecule has 0 saturated carbocycles. The summed E-state index contributed by atoms with van der Waals surface area (Å²) >= 11 is 5.95. The minimum Gasteiger partial charge on any atom is -0.497 e. The normalized spacial score (nSPS) is 10.6. The van der Waals surface area contributed by atoms with Gasteiger partial charge in [-0.3, -0.25) is 14.9 Å². The molecule has 2 aromatic heterocycles. The second-order valence-corrected chi connectivity index (χ2v) is 6.40. The highest BCUT2D eigenvalue weighted by Gasteiger charge is 2.16. The van der Waals surface area contributed by atoms with E-state index in [0.717, 1.165) is 28.1 Å². The lowest BCUT2D eigenvalue weighted by atomic mass is 10.0. The maximum Gasteiger partial charge on any atom is 0.280 e. The zero-order chi connectivity index (χ0) is 18.3. The monoisotopic (exact) mass is 401 g/mol. The van der Waals surface area contributed by atoms with E-state index in [1.54, 1.807) is 37.6 Å². The van der Waals surface area contributed by atoms with Gasteiger partial charge in [0.2, 0.25) is 0 Å². The minimum atomic E-state index is -0.154. The van der Waals surface area contributed by atoms with Gasteiger partial charge in [-0.1, -0.05) is 23.7 Å². The Balaban J connectivity index is 0.00000210. The van der Waals surface area contributed by atoms with Crippen LogP contribution >= 0.6 is 24.0 Å². The molecule has 7 heteroatoms. The molecule has 0 bridgehead atoms. The van der Waals surface area contributed by atoms with Crippen molar-refractivity contribution in [3.63, 3.8) is 0 Å². The number of halogens is 2. The van der Waals surface area contributed by atoms with Crippen molar-refractivity contribution in [1.82, 2.24) is 14.8 Å². The fourth-order valence-electron chi connectivity index (χ4n) is 3.07. The lowest BCUT2D eigenvalue weighted by Crippen LogP contribution is -2.14. The zero-order valence-electron chi connectivity index (χ0n) is 14.7. The Bertz CT molecular complexity index is 1160. The fourth-order valence-corrected chi connectivity index (χ4v) is 3.20. The Morgan fingerprint density at radius 2 is 1.89 bits per heavy atom. The Morgan fingerprint density at radius 3 is 2.59 bits per heavy atom. The summed E-state index contributed by atoms with van der Waals surface area (Å²) in [6.07, 6.45) is 1.61. The van der Waals surface area contributed by atoms with E-state index in [9.17, 15) is 4.79 Å². The average Bonchev–Trinajstić information content (AvgIpc) is 2.99. The van der Waals surface area contributed by atoms with Crippen LogP contribution in [0.5, 0.6) is 5.75 Å². The third kappa shape index (κ3) is 3.31. The van der Waals surface area contributed by atoms with Crippen molar-refractivity contribution in [3.8, 4) is 22.6 Å². The van der Waals surface area contributed by atoms with Crippen molar-refractivity contribution in [3.05, 3.63) is 75.8 Å². The Morgan fingerprint density at radius 1 is 1.15 bits per heavy atom. The van der Waals surface area contributed by atoms with Crippen LogP contribution in [0, 0.1) is 6.92 Å². The number of methoxy groups -OCH3 is 1. The predicted molar refractivity (Wildman–Crippen MR) is 111 cm³/mol. The molecule has 4 aromatic rings. The highest BCUT2D eigenvalue weighted by Crippen LogP contribution is 2.31. The van der Waals surface area contributed by atoms with Gasteiger partial charge in [-0.2, -0.15) is 0 Å². The number of pyridine rings is 1. The van der Waals surface area contributed by atoms with Gasteiger partial charge < -0.3 is 4.74 Å². The molecule has 138 valence electrons. The van der Waals surface area contributed by atoms with Crippen LogP contribution in [0.3, 0.4) is 0 Å². The van der Waals surface area contributed by atoms with Gasteiger partial charge in [0.15, 0.2) is 0 Å². The van der Waals surface area contributed by atoms with Gasteiger partial charge in [-0.05, 0) is 48.9 Å². The van der Waals surface area contributed by atoms with E-state index in [1.807, 2.05) is 31.2 Å². The van der Waals surface area contributed by atoms with Crippen molar-refractivity contribution in [1.29, 1.82) is 0 Å². The number of aryl methyl sites for hydroxylation is 1. The van der Waals surface area contributed by atoms with Gasteiger partial charge in [0, 0.05) is 22.5 Å². The molecule has 0 amide bonds. The van der Waals surface area contributed by atoms with Gasteiger partial charge >= 0.3 is 0 Å². The van der Waals surface area contributed by atoms with Gasteiger partial charge in [0.1, 0.15) is 5.75 Å². The van der Waals surface area contributed by atoms with E-state index >= 15 is 0 Å².